The molecule has 0 saturated carbocycles. The zero-order chi connectivity index (χ0) is 27.3. The van der Waals surface area contributed by atoms with Gasteiger partial charge in [-0.25, -0.2) is 14.6 Å². The lowest BCUT2D eigenvalue weighted by atomic mass is 9.88. The zero-order valence-electron chi connectivity index (χ0n) is 21.1. The Hall–Kier alpha value is -2.52. The maximum absolute atomic E-state index is 13.2. The number of carbonyl (C=O) groups is 3. The maximum Gasteiger partial charge on any atom is 0.414 e. The van der Waals surface area contributed by atoms with Crippen molar-refractivity contribution in [2.75, 3.05) is 13.2 Å². The molecular formula is C21H38N4O10. The predicted octanol–water partition coefficient (Wildman–Crippen LogP) is -1.57. The minimum Gasteiger partial charge on any atom is -0.444 e. The molecule has 0 aliphatic carbocycles. The third-order valence-electron chi connectivity index (χ3n) is 4.75. The van der Waals surface area contributed by atoms with Crippen molar-refractivity contribution >= 4 is 24.1 Å². The van der Waals surface area contributed by atoms with Crippen LogP contribution in [0.3, 0.4) is 0 Å². The van der Waals surface area contributed by atoms with Crippen molar-refractivity contribution in [3.05, 3.63) is 0 Å². The van der Waals surface area contributed by atoms with Crippen LogP contribution in [0.15, 0.2) is 4.99 Å². The number of rotatable bonds is 4. The number of piperidine rings is 1. The molecule has 3 amide bonds. The molecule has 1 fully saturated rings. The molecule has 7 N–H and O–H groups in total. The average molecular weight is 507 g/mol. The molecule has 5 atom stereocenters. The number of hydrogen-bond donors (Lipinski definition) is 7. The predicted molar refractivity (Wildman–Crippen MR) is 122 cm³/mol. The molecule has 0 bridgehead atoms. The van der Waals surface area contributed by atoms with E-state index in [2.05, 4.69) is 15.6 Å². The molecule has 0 aromatic heterocycles. The van der Waals surface area contributed by atoms with Crippen molar-refractivity contribution < 1.29 is 49.4 Å². The van der Waals surface area contributed by atoms with Gasteiger partial charge >= 0.3 is 12.2 Å². The number of ether oxygens (including phenoxy) is 2. The Bertz CT molecular complexity index is 742. The van der Waals surface area contributed by atoms with E-state index >= 15 is 0 Å². The second-order valence-corrected chi connectivity index (χ2v) is 10.1. The van der Waals surface area contributed by atoms with Crippen LogP contribution in [-0.4, -0.2) is 115 Å². The summed E-state index contributed by atoms with van der Waals surface area (Å²) in [4.78, 5) is 42.5. The van der Waals surface area contributed by atoms with Crippen molar-refractivity contribution in [3.63, 3.8) is 0 Å². The van der Waals surface area contributed by atoms with Gasteiger partial charge in [-0.1, -0.05) is 0 Å². The van der Waals surface area contributed by atoms with E-state index in [0.717, 1.165) is 4.90 Å². The first-order valence-corrected chi connectivity index (χ1v) is 11.1. The van der Waals surface area contributed by atoms with Gasteiger partial charge in [-0.15, -0.1) is 0 Å². The maximum atomic E-state index is 13.2. The Morgan fingerprint density at radius 2 is 1.20 bits per heavy atom. The first kappa shape index (κ1) is 30.5. The summed E-state index contributed by atoms with van der Waals surface area (Å²) >= 11 is 0. The van der Waals surface area contributed by atoms with E-state index in [9.17, 15) is 39.9 Å². The van der Waals surface area contributed by atoms with Gasteiger partial charge in [0.2, 0.25) is 11.9 Å². The molecule has 1 rings (SSSR count). The van der Waals surface area contributed by atoms with Crippen LogP contribution in [0.5, 0.6) is 0 Å². The molecule has 0 radical (unpaired) electrons. The zero-order valence-corrected chi connectivity index (χ0v) is 21.1. The third kappa shape index (κ3) is 8.89. The van der Waals surface area contributed by atoms with Crippen molar-refractivity contribution in [3.8, 4) is 0 Å². The van der Waals surface area contributed by atoms with Crippen LogP contribution in [0, 0.1) is 0 Å². The van der Waals surface area contributed by atoms with Crippen molar-refractivity contribution in [2.24, 2.45) is 4.99 Å². The number of nitrogens with one attached hydrogen (secondary N) is 2. The van der Waals surface area contributed by atoms with Crippen molar-refractivity contribution in [2.45, 2.75) is 96.1 Å². The summed E-state index contributed by atoms with van der Waals surface area (Å²) in [5.74, 6) is -1.38. The molecule has 1 unspecified atom stereocenters. The molecule has 0 aromatic rings. The van der Waals surface area contributed by atoms with Gasteiger partial charge in [0.05, 0.1) is 25.3 Å². The highest BCUT2D eigenvalue weighted by molar-refractivity contribution is 6.02. The van der Waals surface area contributed by atoms with Gasteiger partial charge in [0.1, 0.15) is 35.6 Å². The van der Waals surface area contributed by atoms with Gasteiger partial charge in [-0.3, -0.25) is 15.4 Å². The molecule has 202 valence electrons. The van der Waals surface area contributed by atoms with Crippen LogP contribution in [0.4, 0.5) is 9.59 Å². The summed E-state index contributed by atoms with van der Waals surface area (Å²) in [5, 5.41) is 54.3. The number of hydrogen-bond acceptors (Lipinski definition) is 11. The summed E-state index contributed by atoms with van der Waals surface area (Å²) in [7, 11) is 0. The molecule has 35 heavy (non-hydrogen) atoms. The fourth-order valence-electron chi connectivity index (χ4n) is 3.31. The number of aliphatic hydroxyl groups is 5. The molecule has 1 aliphatic heterocycles. The number of aliphatic imine (C=N–C) groups is 1. The van der Waals surface area contributed by atoms with Crippen LogP contribution in [0.25, 0.3) is 0 Å². The van der Waals surface area contributed by atoms with Crippen LogP contribution >= 0.6 is 0 Å². The average Bonchev–Trinajstić information content (AvgIpc) is 2.68. The largest absolute Gasteiger partial charge is 0.444 e. The van der Waals surface area contributed by atoms with Crippen LogP contribution < -0.4 is 10.6 Å². The smallest absolute Gasteiger partial charge is 0.414 e. The normalized spacial score (nSPS) is 25.8. The second kappa shape index (κ2) is 11.9. The van der Waals surface area contributed by atoms with Crippen molar-refractivity contribution in [1.82, 2.24) is 15.5 Å². The number of guanidine groups is 1. The molecule has 14 nitrogen and oxygen atoms in total. The fraction of sp³-hybridized carbons (Fsp3) is 0.810. The lowest BCUT2D eigenvalue weighted by Gasteiger charge is -2.48. The summed E-state index contributed by atoms with van der Waals surface area (Å²) in [6, 6.07) is -4.10. The molecule has 1 saturated heterocycles. The highest BCUT2D eigenvalue weighted by Gasteiger charge is 2.49. The van der Waals surface area contributed by atoms with E-state index in [-0.39, 0.29) is 0 Å². The van der Waals surface area contributed by atoms with E-state index < -0.39 is 84.9 Å². The Morgan fingerprint density at radius 3 is 1.51 bits per heavy atom. The van der Waals surface area contributed by atoms with E-state index in [0.29, 0.717) is 0 Å². The number of amides is 3. The van der Waals surface area contributed by atoms with Gasteiger partial charge in [-0.05, 0) is 48.5 Å². The van der Waals surface area contributed by atoms with Gasteiger partial charge < -0.3 is 39.9 Å². The number of nitrogens with zero attached hydrogens (tertiary/aromatic N) is 2. The third-order valence-corrected chi connectivity index (χ3v) is 4.75. The summed E-state index contributed by atoms with van der Waals surface area (Å²) < 4.78 is 10.3. The molecule has 1 heterocycles. The van der Waals surface area contributed by atoms with Crippen LogP contribution in [0.1, 0.15) is 48.5 Å². The number of likely N-dealkylation sites (tertiary alicyclic amines) is 1. The van der Waals surface area contributed by atoms with Crippen LogP contribution in [0.2, 0.25) is 0 Å². The molecule has 1 aliphatic rings. The lowest BCUT2D eigenvalue weighted by Crippen LogP contribution is -2.70. The van der Waals surface area contributed by atoms with E-state index in [1.54, 1.807) is 41.5 Å². The highest BCUT2D eigenvalue weighted by Crippen LogP contribution is 2.26. The fourth-order valence-corrected chi connectivity index (χ4v) is 3.31. The quantitative estimate of drug-likeness (QED) is 0.172. The van der Waals surface area contributed by atoms with E-state index in [1.807, 2.05) is 0 Å². The second-order valence-electron chi connectivity index (χ2n) is 10.1. The number of aliphatic hydroxyl groups excluding tert-OH is 5. The Morgan fingerprint density at radius 1 is 0.829 bits per heavy atom. The molecule has 14 heteroatoms. The number of alkyl carbamates (subject to hydrolysis) is 2. The van der Waals surface area contributed by atoms with Gasteiger partial charge in [0, 0.05) is 0 Å². The highest BCUT2D eigenvalue weighted by atomic mass is 16.6. The molecule has 0 aromatic carbocycles. The Labute approximate surface area is 203 Å². The molecular weight excluding hydrogens is 468 g/mol. The summed E-state index contributed by atoms with van der Waals surface area (Å²) in [6.45, 7) is 9.38. The van der Waals surface area contributed by atoms with E-state index in [4.69, 9.17) is 9.47 Å². The first-order chi connectivity index (χ1) is 15.9. The first-order valence-electron chi connectivity index (χ1n) is 11.1. The minimum atomic E-state index is -1.72. The van der Waals surface area contributed by atoms with Crippen LogP contribution in [-0.2, 0) is 14.3 Å². The molecule has 0 spiro atoms. The van der Waals surface area contributed by atoms with Gasteiger partial charge in [0.15, 0.2) is 0 Å². The minimum absolute atomic E-state index is 0.492. The van der Waals surface area contributed by atoms with Gasteiger partial charge in [-0.2, -0.15) is 0 Å². The standard InChI is InChI=1S/C21H38N4O10/c1-10(16(31)25-11(8-26)13(28)15(30)14(29)12(25)9-27)22-17(23-18(32)34-20(2,3)4)24-19(33)35-21(5,6)7/h10-15,26-30H,8-9H2,1-7H3,(H2,22,23,24,32,33)/t10?,11-,12-,13-,14-/m1/s1. The van der Waals surface area contributed by atoms with E-state index in [1.165, 1.54) is 6.92 Å². The summed E-state index contributed by atoms with van der Waals surface area (Å²) in [6.07, 6.45) is -7.11. The topological polar surface area (TPSA) is 210 Å². The van der Waals surface area contributed by atoms with Crippen molar-refractivity contribution in [1.29, 1.82) is 0 Å². The lowest BCUT2D eigenvalue weighted by molar-refractivity contribution is -0.188. The summed E-state index contributed by atoms with van der Waals surface area (Å²) in [5.41, 5.74) is -1.77. The SMILES string of the molecule is CC(N=C(NC(=O)OC(C)(C)C)NC(=O)OC(C)(C)C)C(=O)N1[C@H](CO)[C@@H](O)C(O)[C@H](O)[C@H]1CO. The Kier molecular flexibility index (Phi) is 10.4. The number of carbonyl (C=O) groups excluding carboxylic acids is 3. The Balaban J connectivity index is 3.26. The monoisotopic (exact) mass is 506 g/mol. The van der Waals surface area contributed by atoms with Gasteiger partial charge in [0.25, 0.3) is 0 Å².